The maximum absolute atomic E-state index is 12.8. The van der Waals surface area contributed by atoms with E-state index in [0.29, 0.717) is 0 Å². The summed E-state index contributed by atoms with van der Waals surface area (Å²) in [6, 6.07) is 12.4. The first-order valence-electron chi connectivity index (χ1n) is 9.61. The molecule has 1 aliphatic heterocycles. The molecule has 3 rings (SSSR count). The second-order valence-corrected chi connectivity index (χ2v) is 9.00. The molecule has 0 amide bonds. The summed E-state index contributed by atoms with van der Waals surface area (Å²) < 4.78 is 33.4. The van der Waals surface area contributed by atoms with E-state index in [9.17, 15) is 18.5 Å². The number of ether oxygens (including phenoxy) is 1. The number of likely N-dealkylation sites (N-methyl/N-ethyl adjacent to an activating group) is 1. The summed E-state index contributed by atoms with van der Waals surface area (Å²) in [6.07, 6.45) is 0. The van der Waals surface area contributed by atoms with Crippen molar-refractivity contribution in [3.63, 3.8) is 0 Å². The van der Waals surface area contributed by atoms with Gasteiger partial charge in [-0.15, -0.1) is 0 Å². The normalized spacial score (nSPS) is 16.9. The topological polar surface area (TPSA) is 105 Å². The fourth-order valence-corrected chi connectivity index (χ4v) is 4.47. The molecule has 0 saturated carbocycles. The zero-order valence-electron chi connectivity index (χ0n) is 17.0. The summed E-state index contributed by atoms with van der Waals surface area (Å²) in [6.45, 7) is 3.65. The van der Waals surface area contributed by atoms with Gasteiger partial charge in [0, 0.05) is 50.9 Å². The number of methoxy groups -OCH3 is 1. The molecule has 1 saturated heterocycles. The fraction of sp³-hybridized carbons (Fsp3) is 0.400. The Morgan fingerprint density at radius 3 is 2.20 bits per heavy atom. The smallest absolute Gasteiger partial charge is 0.269 e. The average molecular weight is 435 g/mol. The van der Waals surface area contributed by atoms with Gasteiger partial charge in [-0.05, 0) is 36.9 Å². The fourth-order valence-electron chi connectivity index (χ4n) is 3.44. The molecule has 0 aliphatic carbocycles. The van der Waals surface area contributed by atoms with Crippen LogP contribution in [0.15, 0.2) is 53.4 Å². The number of nitrogens with one attached hydrogen (secondary N) is 1. The largest absolute Gasteiger partial charge is 0.497 e. The van der Waals surface area contributed by atoms with Gasteiger partial charge in [0.15, 0.2) is 0 Å². The zero-order chi connectivity index (χ0) is 21.7. The summed E-state index contributed by atoms with van der Waals surface area (Å²) in [5.74, 6) is 0.738. The van der Waals surface area contributed by atoms with E-state index < -0.39 is 14.9 Å². The minimum Gasteiger partial charge on any atom is -0.497 e. The molecule has 1 atom stereocenters. The van der Waals surface area contributed by atoms with Crippen molar-refractivity contribution in [1.29, 1.82) is 0 Å². The number of non-ortho nitro benzene ring substituents is 1. The van der Waals surface area contributed by atoms with Crippen LogP contribution in [-0.2, 0) is 10.0 Å². The molecule has 9 nitrogen and oxygen atoms in total. The van der Waals surface area contributed by atoms with E-state index in [2.05, 4.69) is 21.6 Å². The molecule has 0 aromatic heterocycles. The Labute approximate surface area is 176 Å². The molecule has 2 aromatic carbocycles. The Balaban J connectivity index is 1.78. The van der Waals surface area contributed by atoms with Gasteiger partial charge < -0.3 is 9.64 Å². The number of sulfonamides is 1. The van der Waals surface area contributed by atoms with Crippen LogP contribution in [-0.4, -0.2) is 70.0 Å². The highest BCUT2D eigenvalue weighted by molar-refractivity contribution is 7.89. The quantitative estimate of drug-likeness (QED) is 0.499. The second-order valence-electron chi connectivity index (χ2n) is 7.23. The number of rotatable bonds is 8. The highest BCUT2D eigenvalue weighted by atomic mass is 32.2. The van der Waals surface area contributed by atoms with E-state index in [4.69, 9.17) is 4.74 Å². The molecule has 1 unspecified atom stereocenters. The molecule has 0 radical (unpaired) electrons. The maximum atomic E-state index is 12.8. The van der Waals surface area contributed by atoms with Crippen molar-refractivity contribution in [2.24, 2.45) is 0 Å². The number of benzene rings is 2. The van der Waals surface area contributed by atoms with Crippen molar-refractivity contribution in [2.75, 3.05) is 46.9 Å². The minimum atomic E-state index is -3.80. The lowest BCUT2D eigenvalue weighted by Gasteiger charge is -2.38. The molecular formula is C20H26N4O5S. The number of piperazine rings is 1. The Morgan fingerprint density at radius 1 is 1.07 bits per heavy atom. The Kier molecular flexibility index (Phi) is 7.03. The molecule has 0 spiro atoms. The van der Waals surface area contributed by atoms with E-state index in [1.54, 1.807) is 7.11 Å². The van der Waals surface area contributed by atoms with E-state index >= 15 is 0 Å². The van der Waals surface area contributed by atoms with Crippen LogP contribution >= 0.6 is 0 Å². The molecule has 1 aliphatic rings. The van der Waals surface area contributed by atoms with Crippen molar-refractivity contribution in [1.82, 2.24) is 14.5 Å². The molecule has 0 bridgehead atoms. The standard InChI is InChI=1S/C20H26N4O5S/c1-22-11-13-23(14-12-22)20(16-3-7-18(29-2)8-4-16)15-21-30(27,28)19-9-5-17(6-10-19)24(25)26/h3-10,20-21H,11-15H2,1-2H3. The maximum Gasteiger partial charge on any atom is 0.269 e. The molecule has 30 heavy (non-hydrogen) atoms. The first-order valence-corrected chi connectivity index (χ1v) is 11.1. The summed E-state index contributed by atoms with van der Waals surface area (Å²) in [7, 11) is -0.133. The zero-order valence-corrected chi connectivity index (χ0v) is 17.8. The Morgan fingerprint density at radius 2 is 1.67 bits per heavy atom. The van der Waals surface area contributed by atoms with Crippen LogP contribution in [0.5, 0.6) is 5.75 Å². The predicted octanol–water partition coefficient (Wildman–Crippen LogP) is 1.87. The van der Waals surface area contributed by atoms with Crippen LogP contribution in [0.4, 0.5) is 5.69 Å². The first-order chi connectivity index (χ1) is 14.3. The lowest BCUT2D eigenvalue weighted by molar-refractivity contribution is -0.384. The highest BCUT2D eigenvalue weighted by Gasteiger charge is 2.26. The van der Waals surface area contributed by atoms with Crippen molar-refractivity contribution >= 4 is 15.7 Å². The van der Waals surface area contributed by atoms with Gasteiger partial charge in [0.25, 0.3) is 5.69 Å². The SMILES string of the molecule is COc1ccc(C(CNS(=O)(=O)c2ccc([N+](=O)[O-])cc2)N2CCN(C)CC2)cc1. The van der Waals surface area contributed by atoms with Crippen molar-refractivity contribution in [2.45, 2.75) is 10.9 Å². The third kappa shape index (κ3) is 5.33. The van der Waals surface area contributed by atoms with Crippen LogP contribution in [0.2, 0.25) is 0 Å². The van der Waals surface area contributed by atoms with Crippen LogP contribution in [0.25, 0.3) is 0 Å². The minimum absolute atomic E-state index is 0.0000385. The first kappa shape index (κ1) is 22.2. The van der Waals surface area contributed by atoms with Crippen LogP contribution in [0.1, 0.15) is 11.6 Å². The number of nitro groups is 1. The van der Waals surface area contributed by atoms with Crippen LogP contribution in [0, 0.1) is 10.1 Å². The predicted molar refractivity (Wildman–Crippen MR) is 113 cm³/mol. The van der Waals surface area contributed by atoms with Gasteiger partial charge in [0.05, 0.1) is 16.9 Å². The van der Waals surface area contributed by atoms with Crippen LogP contribution in [0.3, 0.4) is 0 Å². The van der Waals surface area contributed by atoms with Gasteiger partial charge >= 0.3 is 0 Å². The molecule has 1 heterocycles. The van der Waals surface area contributed by atoms with E-state index in [0.717, 1.165) is 37.5 Å². The van der Waals surface area contributed by atoms with Crippen molar-refractivity contribution in [3.8, 4) is 5.75 Å². The third-order valence-electron chi connectivity index (χ3n) is 5.30. The van der Waals surface area contributed by atoms with Crippen molar-refractivity contribution in [3.05, 3.63) is 64.2 Å². The summed E-state index contributed by atoms with van der Waals surface area (Å²) >= 11 is 0. The molecule has 1 N–H and O–H groups in total. The lowest BCUT2D eigenvalue weighted by atomic mass is 10.0. The van der Waals surface area contributed by atoms with Gasteiger partial charge in [-0.3, -0.25) is 15.0 Å². The summed E-state index contributed by atoms with van der Waals surface area (Å²) in [5, 5.41) is 10.8. The van der Waals surface area contributed by atoms with E-state index in [1.165, 1.54) is 24.3 Å². The molecular weight excluding hydrogens is 408 g/mol. The molecule has 10 heteroatoms. The number of nitrogens with zero attached hydrogens (tertiary/aromatic N) is 3. The monoisotopic (exact) mass is 434 g/mol. The van der Waals surface area contributed by atoms with Crippen LogP contribution < -0.4 is 9.46 Å². The number of hydrogen-bond donors (Lipinski definition) is 1. The molecule has 1 fully saturated rings. The summed E-state index contributed by atoms with van der Waals surface area (Å²) in [5.41, 5.74) is 0.842. The second kappa shape index (κ2) is 9.52. The van der Waals surface area contributed by atoms with E-state index in [1.807, 2.05) is 24.3 Å². The average Bonchev–Trinajstić information content (AvgIpc) is 2.75. The van der Waals surface area contributed by atoms with Crippen molar-refractivity contribution < 1.29 is 18.1 Å². The number of hydrogen-bond acceptors (Lipinski definition) is 7. The van der Waals surface area contributed by atoms with Gasteiger partial charge in [-0.2, -0.15) is 0 Å². The third-order valence-corrected chi connectivity index (χ3v) is 6.74. The summed E-state index contributed by atoms with van der Waals surface area (Å²) in [4.78, 5) is 14.7. The number of nitro benzene ring substituents is 1. The Hall–Kier alpha value is -2.53. The van der Waals surface area contributed by atoms with Gasteiger partial charge in [-0.25, -0.2) is 13.1 Å². The van der Waals surface area contributed by atoms with Gasteiger partial charge in [0.1, 0.15) is 5.75 Å². The lowest BCUT2D eigenvalue weighted by Crippen LogP contribution is -2.48. The highest BCUT2D eigenvalue weighted by Crippen LogP contribution is 2.25. The molecule has 2 aromatic rings. The van der Waals surface area contributed by atoms with Gasteiger partial charge in [-0.1, -0.05) is 12.1 Å². The van der Waals surface area contributed by atoms with Gasteiger partial charge in [0.2, 0.25) is 10.0 Å². The Bertz CT molecular complexity index is 956. The van der Waals surface area contributed by atoms with E-state index in [-0.39, 0.29) is 23.2 Å². The molecule has 162 valence electrons.